The summed E-state index contributed by atoms with van der Waals surface area (Å²) in [7, 11) is 1.66. The molecule has 2 aromatic rings. The second kappa shape index (κ2) is 7.49. The second-order valence-electron chi connectivity index (χ2n) is 6.11. The standard InChI is InChI=1S/C18H24N4O2/c1-15-19-6-7-21(15)10-8-20-9-11-22(18(23)14-20)13-16-4-3-5-17(12-16)24-2/h3-7,12H,8-11,13-14H2,1-2H3. The summed E-state index contributed by atoms with van der Waals surface area (Å²) in [5.74, 6) is 2.03. The number of aryl methyl sites for hydroxylation is 1. The van der Waals surface area contributed by atoms with Gasteiger partial charge in [0.15, 0.2) is 0 Å². The van der Waals surface area contributed by atoms with Crippen LogP contribution in [-0.4, -0.2) is 58.5 Å². The fourth-order valence-corrected chi connectivity index (χ4v) is 3.00. The van der Waals surface area contributed by atoms with Crippen molar-refractivity contribution in [1.82, 2.24) is 19.4 Å². The molecule has 3 rings (SSSR count). The Hall–Kier alpha value is -2.34. The number of piperazine rings is 1. The molecule has 0 bridgehead atoms. The first-order chi connectivity index (χ1) is 11.7. The topological polar surface area (TPSA) is 50.6 Å². The lowest BCUT2D eigenvalue weighted by Crippen LogP contribution is -2.50. The smallest absolute Gasteiger partial charge is 0.237 e. The molecule has 0 N–H and O–H groups in total. The zero-order valence-corrected chi connectivity index (χ0v) is 14.3. The normalized spacial score (nSPS) is 15.8. The maximum atomic E-state index is 12.4. The number of methoxy groups -OCH3 is 1. The van der Waals surface area contributed by atoms with E-state index < -0.39 is 0 Å². The Morgan fingerprint density at radius 1 is 1.25 bits per heavy atom. The zero-order chi connectivity index (χ0) is 16.9. The van der Waals surface area contributed by atoms with Crippen LogP contribution < -0.4 is 4.74 Å². The van der Waals surface area contributed by atoms with E-state index in [1.54, 1.807) is 7.11 Å². The number of carbonyl (C=O) groups excluding carboxylic acids is 1. The summed E-state index contributed by atoms with van der Waals surface area (Å²) in [6, 6.07) is 7.90. The third-order valence-electron chi connectivity index (χ3n) is 4.49. The maximum absolute atomic E-state index is 12.4. The number of benzene rings is 1. The first-order valence-electron chi connectivity index (χ1n) is 8.26. The van der Waals surface area contributed by atoms with Crippen LogP contribution in [0.4, 0.5) is 0 Å². The van der Waals surface area contributed by atoms with Crippen molar-refractivity contribution in [2.45, 2.75) is 20.0 Å². The van der Waals surface area contributed by atoms with Crippen molar-refractivity contribution in [3.8, 4) is 5.75 Å². The highest BCUT2D eigenvalue weighted by Crippen LogP contribution is 2.16. The van der Waals surface area contributed by atoms with Crippen molar-refractivity contribution in [3.05, 3.63) is 48.0 Å². The monoisotopic (exact) mass is 328 g/mol. The van der Waals surface area contributed by atoms with Crippen molar-refractivity contribution < 1.29 is 9.53 Å². The number of ether oxygens (including phenoxy) is 1. The van der Waals surface area contributed by atoms with E-state index in [-0.39, 0.29) is 5.91 Å². The fourth-order valence-electron chi connectivity index (χ4n) is 3.00. The van der Waals surface area contributed by atoms with Crippen LogP contribution in [0.25, 0.3) is 0 Å². The summed E-state index contributed by atoms with van der Waals surface area (Å²) in [5, 5.41) is 0. The molecule has 1 aliphatic heterocycles. The molecule has 1 saturated heterocycles. The average Bonchev–Trinajstić information content (AvgIpc) is 3.00. The third-order valence-corrected chi connectivity index (χ3v) is 4.49. The van der Waals surface area contributed by atoms with Gasteiger partial charge >= 0.3 is 0 Å². The molecular formula is C18H24N4O2. The summed E-state index contributed by atoms with van der Waals surface area (Å²) < 4.78 is 7.36. The van der Waals surface area contributed by atoms with Gasteiger partial charge < -0.3 is 14.2 Å². The van der Waals surface area contributed by atoms with E-state index >= 15 is 0 Å². The summed E-state index contributed by atoms with van der Waals surface area (Å²) in [5.41, 5.74) is 1.10. The highest BCUT2D eigenvalue weighted by molar-refractivity contribution is 5.79. The quantitative estimate of drug-likeness (QED) is 0.807. The van der Waals surface area contributed by atoms with Crippen molar-refractivity contribution in [1.29, 1.82) is 0 Å². The summed E-state index contributed by atoms with van der Waals surface area (Å²) in [4.78, 5) is 20.8. The van der Waals surface area contributed by atoms with E-state index in [0.717, 1.165) is 43.3 Å². The van der Waals surface area contributed by atoms with Crippen LogP contribution in [0, 0.1) is 6.92 Å². The van der Waals surface area contributed by atoms with E-state index in [1.165, 1.54) is 0 Å². The van der Waals surface area contributed by atoms with E-state index in [0.29, 0.717) is 13.1 Å². The molecule has 0 saturated carbocycles. The van der Waals surface area contributed by atoms with Gasteiger partial charge in [0.25, 0.3) is 0 Å². The third kappa shape index (κ3) is 3.94. The Morgan fingerprint density at radius 3 is 2.83 bits per heavy atom. The molecule has 6 nitrogen and oxygen atoms in total. The molecule has 6 heteroatoms. The number of nitrogens with zero attached hydrogens (tertiary/aromatic N) is 4. The highest BCUT2D eigenvalue weighted by Gasteiger charge is 2.23. The van der Waals surface area contributed by atoms with Gasteiger partial charge in [0.05, 0.1) is 13.7 Å². The maximum Gasteiger partial charge on any atom is 0.237 e. The molecule has 0 aliphatic carbocycles. The van der Waals surface area contributed by atoms with Crippen LogP contribution in [0.3, 0.4) is 0 Å². The number of carbonyl (C=O) groups is 1. The molecule has 1 fully saturated rings. The van der Waals surface area contributed by atoms with Gasteiger partial charge in [-0.05, 0) is 24.6 Å². The number of imidazole rings is 1. The van der Waals surface area contributed by atoms with E-state index in [4.69, 9.17) is 4.74 Å². The molecule has 0 radical (unpaired) electrons. The lowest BCUT2D eigenvalue weighted by molar-refractivity contribution is -0.136. The summed E-state index contributed by atoms with van der Waals surface area (Å²) in [6.45, 7) is 6.53. The van der Waals surface area contributed by atoms with E-state index in [1.807, 2.05) is 48.5 Å². The number of amides is 1. The Balaban J connectivity index is 1.51. The molecule has 0 spiro atoms. The molecule has 1 amide bonds. The Bertz CT molecular complexity index is 698. The van der Waals surface area contributed by atoms with Crippen molar-refractivity contribution >= 4 is 5.91 Å². The molecule has 0 atom stereocenters. The zero-order valence-electron chi connectivity index (χ0n) is 14.3. The van der Waals surface area contributed by atoms with Crippen LogP contribution in [0.15, 0.2) is 36.7 Å². The molecule has 1 aromatic heterocycles. The number of rotatable bonds is 6. The Kier molecular flexibility index (Phi) is 5.15. The molecule has 2 heterocycles. The molecule has 0 unspecified atom stereocenters. The van der Waals surface area contributed by atoms with E-state index in [2.05, 4.69) is 14.5 Å². The molecule has 24 heavy (non-hydrogen) atoms. The molecule has 1 aliphatic rings. The van der Waals surface area contributed by atoms with Crippen LogP contribution in [0.2, 0.25) is 0 Å². The summed E-state index contributed by atoms with van der Waals surface area (Å²) >= 11 is 0. The van der Waals surface area contributed by atoms with Gasteiger partial charge in [-0.2, -0.15) is 0 Å². The van der Waals surface area contributed by atoms with Crippen LogP contribution in [-0.2, 0) is 17.9 Å². The molecule has 128 valence electrons. The largest absolute Gasteiger partial charge is 0.497 e. The Morgan fingerprint density at radius 2 is 2.12 bits per heavy atom. The average molecular weight is 328 g/mol. The molecule has 1 aromatic carbocycles. The van der Waals surface area contributed by atoms with Gasteiger partial charge in [0, 0.05) is 45.1 Å². The fraction of sp³-hybridized carbons (Fsp3) is 0.444. The minimum absolute atomic E-state index is 0.187. The van der Waals surface area contributed by atoms with Gasteiger partial charge in [-0.1, -0.05) is 12.1 Å². The first kappa shape index (κ1) is 16.5. The number of hydrogen-bond acceptors (Lipinski definition) is 4. The predicted octanol–water partition coefficient (Wildman–Crippen LogP) is 1.54. The minimum Gasteiger partial charge on any atom is -0.497 e. The lowest BCUT2D eigenvalue weighted by atomic mass is 10.2. The van der Waals surface area contributed by atoms with Crippen molar-refractivity contribution in [2.24, 2.45) is 0 Å². The number of aromatic nitrogens is 2. The lowest BCUT2D eigenvalue weighted by Gasteiger charge is -2.34. The minimum atomic E-state index is 0.187. The van der Waals surface area contributed by atoms with Crippen molar-refractivity contribution in [2.75, 3.05) is 33.3 Å². The van der Waals surface area contributed by atoms with E-state index in [9.17, 15) is 4.79 Å². The van der Waals surface area contributed by atoms with Gasteiger partial charge in [-0.25, -0.2) is 4.98 Å². The van der Waals surface area contributed by atoms with Crippen LogP contribution in [0.1, 0.15) is 11.4 Å². The summed E-state index contributed by atoms with van der Waals surface area (Å²) in [6.07, 6.45) is 3.79. The molecular weight excluding hydrogens is 304 g/mol. The van der Waals surface area contributed by atoms with Crippen molar-refractivity contribution in [3.63, 3.8) is 0 Å². The highest BCUT2D eigenvalue weighted by atomic mass is 16.5. The first-order valence-corrected chi connectivity index (χ1v) is 8.26. The SMILES string of the molecule is COc1cccc(CN2CCN(CCn3ccnc3C)CC2=O)c1. The van der Waals surface area contributed by atoms with Gasteiger partial charge in [0.1, 0.15) is 11.6 Å². The number of hydrogen-bond donors (Lipinski definition) is 0. The van der Waals surface area contributed by atoms with Gasteiger partial charge in [0.2, 0.25) is 5.91 Å². The Labute approximate surface area is 142 Å². The predicted molar refractivity (Wildman–Crippen MR) is 91.8 cm³/mol. The second-order valence-corrected chi connectivity index (χ2v) is 6.11. The van der Waals surface area contributed by atoms with Gasteiger partial charge in [-0.15, -0.1) is 0 Å². The van der Waals surface area contributed by atoms with Crippen LogP contribution in [0.5, 0.6) is 5.75 Å². The van der Waals surface area contributed by atoms with Gasteiger partial charge in [-0.3, -0.25) is 9.69 Å². The van der Waals surface area contributed by atoms with Crippen LogP contribution >= 0.6 is 0 Å².